The van der Waals surface area contributed by atoms with Crippen LogP contribution in [0.1, 0.15) is 24.2 Å². The molecular formula is C20H18F2N2O3S2. The number of ether oxygens (including phenoxy) is 1. The standard InChI is InChI=1S/C20H18F2N2O3S2/c1-11(2)28-14-6-4-12(5-7-14)19(26)23-20-24(10-17(25)27-3)18-15(22)8-13(21)9-16(18)29-20/h4-9,11H,10H2,1-3H3. The van der Waals surface area contributed by atoms with Crippen LogP contribution in [-0.2, 0) is 16.1 Å². The molecule has 152 valence electrons. The van der Waals surface area contributed by atoms with Crippen LogP contribution in [0.15, 0.2) is 46.3 Å². The number of carbonyl (C=O) groups excluding carboxylic acids is 2. The highest BCUT2D eigenvalue weighted by Gasteiger charge is 2.17. The number of hydrogen-bond donors (Lipinski definition) is 0. The fourth-order valence-corrected chi connectivity index (χ4v) is 4.56. The molecular weight excluding hydrogens is 418 g/mol. The molecule has 0 aliphatic heterocycles. The predicted molar refractivity (Wildman–Crippen MR) is 109 cm³/mol. The molecule has 5 nitrogen and oxygen atoms in total. The highest BCUT2D eigenvalue weighted by Crippen LogP contribution is 2.24. The summed E-state index contributed by atoms with van der Waals surface area (Å²) in [6.45, 7) is 3.79. The second-order valence-electron chi connectivity index (χ2n) is 6.39. The zero-order chi connectivity index (χ0) is 21.1. The molecule has 0 aliphatic carbocycles. The molecule has 3 aromatic rings. The molecule has 0 atom stereocenters. The molecule has 1 heterocycles. The van der Waals surface area contributed by atoms with Gasteiger partial charge in [-0.3, -0.25) is 9.59 Å². The van der Waals surface area contributed by atoms with Gasteiger partial charge in [0.15, 0.2) is 10.6 Å². The number of thioether (sulfide) groups is 1. The van der Waals surface area contributed by atoms with Gasteiger partial charge in [0.2, 0.25) is 0 Å². The number of methoxy groups -OCH3 is 1. The number of esters is 1. The first-order valence-corrected chi connectivity index (χ1v) is 10.4. The maximum absolute atomic E-state index is 14.3. The van der Waals surface area contributed by atoms with E-state index in [0.29, 0.717) is 10.8 Å². The number of thiazole rings is 1. The minimum atomic E-state index is -0.843. The van der Waals surface area contributed by atoms with Crippen molar-refractivity contribution in [3.05, 3.63) is 58.4 Å². The van der Waals surface area contributed by atoms with Gasteiger partial charge in [0.1, 0.15) is 12.4 Å². The van der Waals surface area contributed by atoms with Crippen molar-refractivity contribution in [1.29, 1.82) is 0 Å². The molecule has 9 heteroatoms. The first-order valence-electron chi connectivity index (χ1n) is 8.69. The minimum absolute atomic E-state index is 0.00275. The van der Waals surface area contributed by atoms with Crippen LogP contribution in [0.4, 0.5) is 8.78 Å². The summed E-state index contributed by atoms with van der Waals surface area (Å²) in [4.78, 5) is 29.6. The van der Waals surface area contributed by atoms with Gasteiger partial charge in [-0.2, -0.15) is 4.99 Å². The topological polar surface area (TPSA) is 60.7 Å². The largest absolute Gasteiger partial charge is 0.468 e. The maximum atomic E-state index is 14.3. The normalized spacial score (nSPS) is 12.0. The van der Waals surface area contributed by atoms with E-state index in [-0.39, 0.29) is 21.6 Å². The van der Waals surface area contributed by atoms with E-state index >= 15 is 0 Å². The lowest BCUT2D eigenvalue weighted by Gasteiger charge is -2.05. The van der Waals surface area contributed by atoms with Crippen molar-refractivity contribution in [2.24, 2.45) is 4.99 Å². The number of nitrogens with zero attached hydrogens (tertiary/aromatic N) is 2. The third-order valence-electron chi connectivity index (χ3n) is 3.88. The van der Waals surface area contributed by atoms with Crippen LogP contribution in [0, 0.1) is 11.6 Å². The molecule has 2 aromatic carbocycles. The van der Waals surface area contributed by atoms with E-state index in [1.54, 1.807) is 23.9 Å². The van der Waals surface area contributed by atoms with E-state index in [1.165, 1.54) is 11.7 Å². The lowest BCUT2D eigenvalue weighted by Crippen LogP contribution is -2.22. The van der Waals surface area contributed by atoms with Crippen molar-refractivity contribution in [1.82, 2.24) is 4.57 Å². The molecule has 0 bridgehead atoms. The first kappa shape index (κ1) is 21.2. The van der Waals surface area contributed by atoms with Crippen LogP contribution >= 0.6 is 23.1 Å². The van der Waals surface area contributed by atoms with Crippen molar-refractivity contribution in [3.63, 3.8) is 0 Å². The number of carbonyl (C=O) groups is 2. The third kappa shape index (κ3) is 4.91. The Labute approximate surface area is 174 Å². The first-order chi connectivity index (χ1) is 13.8. The average Bonchev–Trinajstić information content (AvgIpc) is 2.98. The quantitative estimate of drug-likeness (QED) is 0.440. The Morgan fingerprint density at radius 3 is 2.52 bits per heavy atom. The van der Waals surface area contributed by atoms with E-state index in [4.69, 9.17) is 0 Å². The molecule has 0 saturated carbocycles. The van der Waals surface area contributed by atoms with Crippen molar-refractivity contribution in [2.45, 2.75) is 30.5 Å². The summed E-state index contributed by atoms with van der Waals surface area (Å²) in [7, 11) is 1.20. The Bertz CT molecular complexity index is 1140. The van der Waals surface area contributed by atoms with Crippen molar-refractivity contribution >= 4 is 45.2 Å². The third-order valence-corrected chi connectivity index (χ3v) is 5.92. The van der Waals surface area contributed by atoms with Crippen molar-refractivity contribution in [3.8, 4) is 0 Å². The average molecular weight is 437 g/mol. The number of rotatable bonds is 5. The predicted octanol–water partition coefficient (Wildman–Crippen LogP) is 4.40. The van der Waals surface area contributed by atoms with Gasteiger partial charge in [-0.05, 0) is 30.3 Å². The maximum Gasteiger partial charge on any atom is 0.325 e. The van der Waals surface area contributed by atoms with Gasteiger partial charge in [-0.25, -0.2) is 8.78 Å². The van der Waals surface area contributed by atoms with Gasteiger partial charge in [0.05, 0.1) is 17.3 Å². The molecule has 0 unspecified atom stereocenters. The lowest BCUT2D eigenvalue weighted by molar-refractivity contribution is -0.141. The summed E-state index contributed by atoms with van der Waals surface area (Å²) in [6.07, 6.45) is 0. The van der Waals surface area contributed by atoms with Gasteiger partial charge in [-0.1, -0.05) is 25.2 Å². The summed E-state index contributed by atoms with van der Waals surface area (Å²) in [5.41, 5.74) is 0.351. The van der Waals surface area contributed by atoms with E-state index in [2.05, 4.69) is 23.6 Å². The fourth-order valence-electron chi connectivity index (χ4n) is 2.65. The Morgan fingerprint density at radius 2 is 1.90 bits per heavy atom. The van der Waals surface area contributed by atoms with Gasteiger partial charge < -0.3 is 9.30 Å². The summed E-state index contributed by atoms with van der Waals surface area (Å²) in [5, 5.41) is 0.410. The number of hydrogen-bond acceptors (Lipinski definition) is 5. The summed E-state index contributed by atoms with van der Waals surface area (Å²) in [6, 6.07) is 8.84. The van der Waals surface area contributed by atoms with Crippen LogP contribution in [0.2, 0.25) is 0 Å². The van der Waals surface area contributed by atoms with Gasteiger partial charge in [-0.15, -0.1) is 11.8 Å². The second kappa shape index (κ2) is 8.87. The van der Waals surface area contributed by atoms with E-state index in [9.17, 15) is 18.4 Å². The molecule has 0 fully saturated rings. The lowest BCUT2D eigenvalue weighted by atomic mass is 10.2. The number of benzene rings is 2. The number of amides is 1. The van der Waals surface area contributed by atoms with Crippen molar-refractivity contribution < 1.29 is 23.1 Å². The molecule has 29 heavy (non-hydrogen) atoms. The van der Waals surface area contributed by atoms with Gasteiger partial charge in [0, 0.05) is 21.8 Å². The molecule has 0 saturated heterocycles. The summed E-state index contributed by atoms with van der Waals surface area (Å²) in [5.74, 6) is -2.78. The number of aromatic nitrogens is 1. The zero-order valence-corrected chi connectivity index (χ0v) is 17.6. The molecule has 0 spiro atoms. The Morgan fingerprint density at radius 1 is 1.21 bits per heavy atom. The Kier molecular flexibility index (Phi) is 6.49. The zero-order valence-electron chi connectivity index (χ0n) is 15.9. The van der Waals surface area contributed by atoms with E-state index < -0.39 is 23.5 Å². The number of halogens is 2. The van der Waals surface area contributed by atoms with Crippen LogP contribution < -0.4 is 4.80 Å². The highest BCUT2D eigenvalue weighted by atomic mass is 32.2. The molecule has 0 aliphatic rings. The summed E-state index contributed by atoms with van der Waals surface area (Å²) < 4.78 is 34.0. The van der Waals surface area contributed by atoms with Gasteiger partial charge in [0.25, 0.3) is 5.91 Å². The van der Waals surface area contributed by atoms with Gasteiger partial charge >= 0.3 is 5.97 Å². The Hall–Kier alpha value is -2.52. The monoisotopic (exact) mass is 436 g/mol. The summed E-state index contributed by atoms with van der Waals surface area (Å²) >= 11 is 2.59. The van der Waals surface area contributed by atoms with Crippen molar-refractivity contribution in [2.75, 3.05) is 7.11 Å². The van der Waals surface area contributed by atoms with Crippen LogP contribution in [0.3, 0.4) is 0 Å². The smallest absolute Gasteiger partial charge is 0.325 e. The molecule has 0 N–H and O–H groups in total. The second-order valence-corrected chi connectivity index (χ2v) is 9.05. The molecule has 0 radical (unpaired) electrons. The van der Waals surface area contributed by atoms with Crippen LogP contribution in [0.5, 0.6) is 0 Å². The fraction of sp³-hybridized carbons (Fsp3) is 0.250. The van der Waals surface area contributed by atoms with Crippen LogP contribution in [-0.4, -0.2) is 28.8 Å². The molecule has 3 rings (SSSR count). The Balaban J connectivity index is 2.06. The minimum Gasteiger partial charge on any atom is -0.468 e. The van der Waals surface area contributed by atoms with E-state index in [0.717, 1.165) is 28.4 Å². The number of fused-ring (bicyclic) bond motifs is 1. The molecule has 1 amide bonds. The van der Waals surface area contributed by atoms with Crippen LogP contribution in [0.25, 0.3) is 10.2 Å². The van der Waals surface area contributed by atoms with E-state index in [1.807, 2.05) is 12.1 Å². The highest BCUT2D eigenvalue weighted by molar-refractivity contribution is 7.99. The SMILES string of the molecule is COC(=O)Cn1c(=NC(=O)c2ccc(SC(C)C)cc2)sc2cc(F)cc(F)c21. The molecule has 1 aromatic heterocycles.